The molecule has 0 fully saturated rings. The minimum absolute atomic E-state index is 0.0788. The average Bonchev–Trinajstić information content (AvgIpc) is 2.67. The van der Waals surface area contributed by atoms with Gasteiger partial charge < -0.3 is 5.32 Å². The number of nitrogens with one attached hydrogen (secondary N) is 2. The highest BCUT2D eigenvalue weighted by Crippen LogP contribution is 2.18. The molecule has 8 heteroatoms. The van der Waals surface area contributed by atoms with E-state index >= 15 is 0 Å². The molecule has 144 valence electrons. The number of sulfonamides is 1. The molecule has 0 saturated carbocycles. The van der Waals surface area contributed by atoms with Crippen LogP contribution in [0.5, 0.6) is 0 Å². The SMILES string of the molecule is O=C(CCc1cccc(Cl)c1)Nc1ccc(S(=O)(=O)Nc2ccccn2)cc1. The number of aryl methyl sites for hydroxylation is 1. The standard InChI is InChI=1S/C20H18ClN3O3S/c21-16-5-3-4-15(14-16)7-12-20(25)23-17-8-10-18(11-9-17)28(26,27)24-19-6-1-2-13-22-19/h1-6,8-11,13-14H,7,12H2,(H,22,24)(H,23,25). The lowest BCUT2D eigenvalue weighted by Crippen LogP contribution is -2.15. The third-order valence-electron chi connectivity index (χ3n) is 3.88. The Morgan fingerprint density at radius 3 is 2.46 bits per heavy atom. The number of aromatic nitrogens is 1. The van der Waals surface area contributed by atoms with Crippen molar-refractivity contribution in [1.29, 1.82) is 0 Å². The summed E-state index contributed by atoms with van der Waals surface area (Å²) in [5.41, 5.74) is 1.50. The summed E-state index contributed by atoms with van der Waals surface area (Å²) in [6, 6.07) is 18.2. The molecule has 28 heavy (non-hydrogen) atoms. The normalized spacial score (nSPS) is 11.0. The van der Waals surface area contributed by atoms with Crippen LogP contribution in [0.2, 0.25) is 5.02 Å². The molecular formula is C20H18ClN3O3S. The van der Waals surface area contributed by atoms with E-state index in [9.17, 15) is 13.2 Å². The summed E-state index contributed by atoms with van der Waals surface area (Å²) >= 11 is 5.93. The van der Waals surface area contributed by atoms with Crippen LogP contribution in [0.1, 0.15) is 12.0 Å². The molecule has 0 radical (unpaired) electrons. The van der Waals surface area contributed by atoms with E-state index in [1.165, 1.54) is 18.3 Å². The van der Waals surface area contributed by atoms with Gasteiger partial charge in [-0.05, 0) is 60.5 Å². The van der Waals surface area contributed by atoms with E-state index < -0.39 is 10.0 Å². The lowest BCUT2D eigenvalue weighted by atomic mass is 10.1. The van der Waals surface area contributed by atoms with Crippen molar-refractivity contribution < 1.29 is 13.2 Å². The number of nitrogens with zero attached hydrogens (tertiary/aromatic N) is 1. The van der Waals surface area contributed by atoms with Crippen LogP contribution in [0, 0.1) is 0 Å². The van der Waals surface area contributed by atoms with Gasteiger partial charge in [0.05, 0.1) is 4.90 Å². The predicted octanol–water partition coefficient (Wildman–Crippen LogP) is 4.11. The van der Waals surface area contributed by atoms with Crippen LogP contribution in [0.3, 0.4) is 0 Å². The zero-order valence-electron chi connectivity index (χ0n) is 14.8. The van der Waals surface area contributed by atoms with Crippen molar-refractivity contribution in [3.05, 3.63) is 83.5 Å². The topological polar surface area (TPSA) is 88.2 Å². The Bertz CT molecular complexity index is 1060. The summed E-state index contributed by atoms with van der Waals surface area (Å²) in [5, 5.41) is 3.39. The summed E-state index contributed by atoms with van der Waals surface area (Å²) < 4.78 is 27.1. The summed E-state index contributed by atoms with van der Waals surface area (Å²) in [6.45, 7) is 0. The maximum Gasteiger partial charge on any atom is 0.263 e. The fraction of sp³-hybridized carbons (Fsp3) is 0.100. The Labute approximate surface area is 168 Å². The molecule has 6 nitrogen and oxygen atoms in total. The highest BCUT2D eigenvalue weighted by atomic mass is 35.5. The number of hydrogen-bond acceptors (Lipinski definition) is 4. The van der Waals surface area contributed by atoms with Gasteiger partial charge in [0.15, 0.2) is 0 Å². The zero-order valence-corrected chi connectivity index (χ0v) is 16.4. The molecule has 2 aromatic carbocycles. The van der Waals surface area contributed by atoms with Crippen LogP contribution < -0.4 is 10.0 Å². The molecule has 1 aromatic heterocycles. The Kier molecular flexibility index (Phi) is 6.28. The van der Waals surface area contributed by atoms with E-state index in [0.717, 1.165) is 5.56 Å². The van der Waals surface area contributed by atoms with Crippen molar-refractivity contribution in [2.75, 3.05) is 10.0 Å². The molecule has 0 aliphatic rings. The molecule has 0 bridgehead atoms. The van der Waals surface area contributed by atoms with Crippen LogP contribution in [0.25, 0.3) is 0 Å². The monoisotopic (exact) mass is 415 g/mol. The maximum atomic E-state index is 12.4. The molecular weight excluding hydrogens is 398 g/mol. The van der Waals surface area contributed by atoms with Gasteiger partial charge in [0.2, 0.25) is 5.91 Å². The smallest absolute Gasteiger partial charge is 0.263 e. The maximum absolute atomic E-state index is 12.4. The summed E-state index contributed by atoms with van der Waals surface area (Å²) in [4.78, 5) is 16.1. The van der Waals surface area contributed by atoms with E-state index in [0.29, 0.717) is 23.6 Å². The molecule has 0 spiro atoms. The first-order valence-corrected chi connectivity index (χ1v) is 10.4. The van der Waals surface area contributed by atoms with E-state index in [1.54, 1.807) is 36.4 Å². The van der Waals surface area contributed by atoms with Crippen molar-refractivity contribution in [2.45, 2.75) is 17.7 Å². The second-order valence-electron chi connectivity index (χ2n) is 6.02. The van der Waals surface area contributed by atoms with Crippen molar-refractivity contribution in [1.82, 2.24) is 4.98 Å². The molecule has 1 heterocycles. The number of hydrogen-bond donors (Lipinski definition) is 2. The zero-order chi connectivity index (χ0) is 20.0. The molecule has 3 rings (SSSR count). The van der Waals surface area contributed by atoms with E-state index in [4.69, 9.17) is 11.6 Å². The van der Waals surface area contributed by atoms with Gasteiger partial charge in [0.1, 0.15) is 5.82 Å². The van der Waals surface area contributed by atoms with Gasteiger partial charge >= 0.3 is 0 Å². The van der Waals surface area contributed by atoms with Gasteiger partial charge in [-0.2, -0.15) is 0 Å². The van der Waals surface area contributed by atoms with Crippen LogP contribution in [-0.2, 0) is 21.2 Å². The fourth-order valence-electron chi connectivity index (χ4n) is 2.51. The largest absolute Gasteiger partial charge is 0.326 e. The third-order valence-corrected chi connectivity index (χ3v) is 5.49. The number of anilines is 2. The van der Waals surface area contributed by atoms with Gasteiger partial charge in [-0.25, -0.2) is 13.4 Å². The quantitative estimate of drug-likeness (QED) is 0.607. The van der Waals surface area contributed by atoms with E-state index in [-0.39, 0.29) is 16.6 Å². The number of carbonyl (C=O) groups is 1. The van der Waals surface area contributed by atoms with Gasteiger partial charge in [0, 0.05) is 23.3 Å². The first kappa shape index (κ1) is 19.9. The molecule has 0 atom stereocenters. The van der Waals surface area contributed by atoms with Gasteiger partial charge in [0.25, 0.3) is 10.0 Å². The minimum Gasteiger partial charge on any atom is -0.326 e. The first-order chi connectivity index (χ1) is 13.4. The highest BCUT2D eigenvalue weighted by Gasteiger charge is 2.14. The molecule has 1 amide bonds. The summed E-state index contributed by atoms with van der Waals surface area (Å²) in [7, 11) is -3.75. The van der Waals surface area contributed by atoms with Crippen LogP contribution in [0.4, 0.5) is 11.5 Å². The highest BCUT2D eigenvalue weighted by molar-refractivity contribution is 7.92. The number of halogens is 1. The number of benzene rings is 2. The van der Waals surface area contributed by atoms with Crippen LogP contribution in [0.15, 0.2) is 77.8 Å². The molecule has 0 aliphatic heterocycles. The van der Waals surface area contributed by atoms with Crippen molar-refractivity contribution in [3.63, 3.8) is 0 Å². The van der Waals surface area contributed by atoms with Crippen LogP contribution >= 0.6 is 11.6 Å². The van der Waals surface area contributed by atoms with Gasteiger partial charge in [-0.1, -0.05) is 29.8 Å². The number of rotatable bonds is 7. The molecule has 3 aromatic rings. The second-order valence-corrected chi connectivity index (χ2v) is 8.14. The lowest BCUT2D eigenvalue weighted by molar-refractivity contribution is -0.116. The summed E-state index contributed by atoms with van der Waals surface area (Å²) in [6.07, 6.45) is 2.36. The lowest BCUT2D eigenvalue weighted by Gasteiger charge is -2.09. The van der Waals surface area contributed by atoms with Crippen molar-refractivity contribution in [2.24, 2.45) is 0 Å². The second kappa shape index (κ2) is 8.86. The minimum atomic E-state index is -3.75. The molecule has 0 saturated heterocycles. The Morgan fingerprint density at radius 2 is 1.79 bits per heavy atom. The van der Waals surface area contributed by atoms with E-state index in [2.05, 4.69) is 15.0 Å². The van der Waals surface area contributed by atoms with Gasteiger partial charge in [-0.3, -0.25) is 9.52 Å². The average molecular weight is 416 g/mol. The van der Waals surface area contributed by atoms with Crippen molar-refractivity contribution in [3.8, 4) is 0 Å². The van der Waals surface area contributed by atoms with Crippen molar-refractivity contribution >= 4 is 39.0 Å². The Morgan fingerprint density at radius 1 is 1.00 bits per heavy atom. The third kappa shape index (κ3) is 5.55. The number of amides is 1. The van der Waals surface area contributed by atoms with Crippen LogP contribution in [-0.4, -0.2) is 19.3 Å². The predicted molar refractivity (Wildman–Crippen MR) is 110 cm³/mol. The summed E-state index contributed by atoms with van der Waals surface area (Å²) in [5.74, 6) is 0.0723. The Balaban J connectivity index is 1.58. The fourth-order valence-corrected chi connectivity index (χ4v) is 3.73. The molecule has 2 N–H and O–H groups in total. The van der Waals surface area contributed by atoms with E-state index in [1.807, 2.05) is 18.2 Å². The Hall–Kier alpha value is -2.90. The molecule has 0 aliphatic carbocycles. The number of pyridine rings is 1. The van der Waals surface area contributed by atoms with Gasteiger partial charge in [-0.15, -0.1) is 0 Å². The first-order valence-electron chi connectivity index (χ1n) is 8.51. The number of carbonyl (C=O) groups excluding carboxylic acids is 1. The molecule has 0 unspecified atom stereocenters.